The molecular formula is C21H18O. The van der Waals surface area contributed by atoms with Gasteiger partial charge in [-0.15, -0.1) is 0 Å². The standard InChI is InChI=1S/C21H18O/c1-3-7-18-14(5-1)20(15-6-2-4-8-19(15)22-18)21-16-10-12-9-13(16)11-17(12)21/h1-8,12-13,16-17H,9-11H2. The van der Waals surface area contributed by atoms with Gasteiger partial charge in [-0.2, -0.15) is 0 Å². The van der Waals surface area contributed by atoms with E-state index in [1.165, 1.54) is 36.0 Å². The topological polar surface area (TPSA) is 9.23 Å². The van der Waals surface area contributed by atoms with Crippen molar-refractivity contribution in [3.05, 3.63) is 65.2 Å². The number of para-hydroxylation sites is 2. The van der Waals surface area contributed by atoms with Gasteiger partial charge in [-0.25, -0.2) is 0 Å². The van der Waals surface area contributed by atoms with Crippen LogP contribution in [-0.2, 0) is 0 Å². The second kappa shape index (κ2) is 3.84. The number of rotatable bonds is 0. The zero-order valence-electron chi connectivity index (χ0n) is 12.5. The Balaban J connectivity index is 1.68. The molecule has 4 unspecified atom stereocenters. The molecule has 4 atom stereocenters. The van der Waals surface area contributed by atoms with Crippen molar-refractivity contribution in [2.45, 2.75) is 19.3 Å². The summed E-state index contributed by atoms with van der Waals surface area (Å²) < 4.78 is 6.16. The number of benzene rings is 2. The zero-order valence-corrected chi connectivity index (χ0v) is 12.5. The second-order valence-electron chi connectivity index (χ2n) is 7.36. The number of fused-ring (bicyclic) bond motifs is 2. The lowest BCUT2D eigenvalue weighted by atomic mass is 9.83. The maximum Gasteiger partial charge on any atom is 0.135 e. The molecule has 0 aromatic heterocycles. The van der Waals surface area contributed by atoms with E-state index in [1.54, 1.807) is 5.57 Å². The van der Waals surface area contributed by atoms with Crippen molar-refractivity contribution in [3.63, 3.8) is 0 Å². The van der Waals surface area contributed by atoms with Gasteiger partial charge in [-0.3, -0.25) is 0 Å². The number of hydrogen-bond donors (Lipinski definition) is 0. The molecule has 1 aliphatic heterocycles. The Labute approximate surface area is 130 Å². The molecule has 4 aliphatic carbocycles. The molecule has 108 valence electrons. The van der Waals surface area contributed by atoms with Gasteiger partial charge in [0.05, 0.1) is 0 Å². The molecule has 5 aliphatic rings. The summed E-state index contributed by atoms with van der Waals surface area (Å²) >= 11 is 0. The molecule has 0 N–H and O–H groups in total. The summed E-state index contributed by atoms with van der Waals surface area (Å²) in [4.78, 5) is 0. The highest BCUT2D eigenvalue weighted by Crippen LogP contribution is 2.68. The number of ether oxygens (including phenoxy) is 1. The molecule has 1 heteroatoms. The first-order chi connectivity index (χ1) is 10.9. The first-order valence-corrected chi connectivity index (χ1v) is 8.51. The average Bonchev–Trinajstić information content (AvgIpc) is 3.29. The van der Waals surface area contributed by atoms with Gasteiger partial charge in [0, 0.05) is 11.1 Å². The molecule has 1 heterocycles. The van der Waals surface area contributed by atoms with Crippen LogP contribution in [0.15, 0.2) is 54.1 Å². The van der Waals surface area contributed by atoms with Gasteiger partial charge in [-0.1, -0.05) is 42.0 Å². The molecule has 2 aromatic carbocycles. The third-order valence-electron chi connectivity index (χ3n) is 6.48. The smallest absolute Gasteiger partial charge is 0.135 e. The third-order valence-corrected chi connectivity index (χ3v) is 6.48. The lowest BCUT2D eigenvalue weighted by Crippen LogP contribution is -2.10. The molecule has 2 aromatic rings. The van der Waals surface area contributed by atoms with Crippen LogP contribution in [0, 0.1) is 23.7 Å². The molecule has 0 radical (unpaired) electrons. The Morgan fingerprint density at radius 2 is 1.23 bits per heavy atom. The lowest BCUT2D eigenvalue weighted by Gasteiger charge is -2.27. The summed E-state index contributed by atoms with van der Waals surface area (Å²) in [5.74, 6) is 5.71. The highest BCUT2D eigenvalue weighted by molar-refractivity contribution is 5.90. The van der Waals surface area contributed by atoms with E-state index in [2.05, 4.69) is 48.5 Å². The van der Waals surface area contributed by atoms with Crippen LogP contribution in [0.5, 0.6) is 11.5 Å². The Hall–Kier alpha value is -2.02. The van der Waals surface area contributed by atoms with E-state index < -0.39 is 0 Å². The third kappa shape index (κ3) is 1.27. The van der Waals surface area contributed by atoms with E-state index in [1.807, 2.05) is 0 Å². The van der Waals surface area contributed by atoms with Crippen LogP contribution in [-0.4, -0.2) is 0 Å². The highest BCUT2D eigenvalue weighted by atomic mass is 16.5. The van der Waals surface area contributed by atoms with Crippen LogP contribution in [0.2, 0.25) is 0 Å². The van der Waals surface area contributed by atoms with Crippen LogP contribution >= 0.6 is 0 Å². The van der Waals surface area contributed by atoms with Gasteiger partial charge >= 0.3 is 0 Å². The highest BCUT2D eigenvalue weighted by Gasteiger charge is 2.57. The van der Waals surface area contributed by atoms with Crippen LogP contribution in [0.4, 0.5) is 0 Å². The Bertz CT molecular complexity index is 766. The SMILES string of the molecule is c1ccc2c(c1)Oc1ccccc1C2=C1C2CC3CC2CC13. The minimum Gasteiger partial charge on any atom is -0.456 e. The Morgan fingerprint density at radius 1 is 0.682 bits per heavy atom. The van der Waals surface area contributed by atoms with Crippen molar-refractivity contribution < 1.29 is 4.74 Å². The predicted molar refractivity (Wildman–Crippen MR) is 86.8 cm³/mol. The quantitative estimate of drug-likeness (QED) is 0.547. The molecule has 4 fully saturated rings. The van der Waals surface area contributed by atoms with E-state index >= 15 is 0 Å². The summed E-state index contributed by atoms with van der Waals surface area (Å²) in [6.07, 6.45) is 4.38. The molecule has 4 saturated carbocycles. The van der Waals surface area contributed by atoms with Gasteiger partial charge in [0.2, 0.25) is 0 Å². The average molecular weight is 286 g/mol. The normalized spacial score (nSPS) is 33.1. The maximum atomic E-state index is 6.16. The van der Waals surface area contributed by atoms with Gasteiger partial charge in [-0.05, 0) is 60.6 Å². The number of allylic oxidation sites excluding steroid dienone is 1. The van der Waals surface area contributed by atoms with Gasteiger partial charge in [0.1, 0.15) is 11.5 Å². The molecule has 1 nitrogen and oxygen atoms in total. The van der Waals surface area contributed by atoms with Gasteiger partial charge in [0.25, 0.3) is 0 Å². The predicted octanol–water partition coefficient (Wildman–Crippen LogP) is 5.27. The molecule has 0 spiro atoms. The van der Waals surface area contributed by atoms with Crippen molar-refractivity contribution in [2.75, 3.05) is 0 Å². The second-order valence-corrected chi connectivity index (χ2v) is 7.36. The fourth-order valence-corrected chi connectivity index (χ4v) is 5.78. The summed E-state index contributed by atoms with van der Waals surface area (Å²) in [5, 5.41) is 0. The van der Waals surface area contributed by atoms with Crippen LogP contribution < -0.4 is 4.74 Å². The van der Waals surface area contributed by atoms with Crippen molar-refractivity contribution in [3.8, 4) is 11.5 Å². The minimum absolute atomic E-state index is 0.851. The first-order valence-electron chi connectivity index (χ1n) is 8.51. The lowest BCUT2D eigenvalue weighted by molar-refractivity contribution is 0.457. The molecule has 22 heavy (non-hydrogen) atoms. The summed E-state index contributed by atoms with van der Waals surface area (Å²) in [5.41, 5.74) is 5.91. The molecule has 0 saturated heterocycles. The minimum atomic E-state index is 0.851. The largest absolute Gasteiger partial charge is 0.456 e. The van der Waals surface area contributed by atoms with E-state index in [4.69, 9.17) is 4.74 Å². The van der Waals surface area contributed by atoms with Crippen LogP contribution in [0.1, 0.15) is 30.4 Å². The van der Waals surface area contributed by atoms with E-state index in [0.717, 1.165) is 35.2 Å². The fraction of sp³-hybridized carbons (Fsp3) is 0.333. The summed E-state index contributed by atoms with van der Waals surface area (Å²) in [6.45, 7) is 0. The van der Waals surface area contributed by atoms with Crippen molar-refractivity contribution in [1.29, 1.82) is 0 Å². The summed E-state index contributed by atoms with van der Waals surface area (Å²) in [6, 6.07) is 17.2. The van der Waals surface area contributed by atoms with Crippen molar-refractivity contribution >= 4 is 5.57 Å². The van der Waals surface area contributed by atoms with Gasteiger partial charge in [0.15, 0.2) is 0 Å². The molecule has 4 bridgehead atoms. The van der Waals surface area contributed by atoms with Gasteiger partial charge < -0.3 is 4.74 Å². The Morgan fingerprint density at radius 3 is 1.77 bits per heavy atom. The molecule has 7 rings (SSSR count). The van der Waals surface area contributed by atoms with Crippen LogP contribution in [0.25, 0.3) is 5.57 Å². The van der Waals surface area contributed by atoms with Crippen molar-refractivity contribution in [2.24, 2.45) is 23.7 Å². The van der Waals surface area contributed by atoms with E-state index in [9.17, 15) is 0 Å². The fourth-order valence-electron chi connectivity index (χ4n) is 5.78. The molecule has 0 amide bonds. The molecular weight excluding hydrogens is 268 g/mol. The monoisotopic (exact) mass is 286 g/mol. The number of hydrogen-bond acceptors (Lipinski definition) is 1. The Kier molecular flexibility index (Phi) is 2.01. The first kappa shape index (κ1) is 11.5. The van der Waals surface area contributed by atoms with Crippen LogP contribution in [0.3, 0.4) is 0 Å². The van der Waals surface area contributed by atoms with E-state index in [0.29, 0.717) is 0 Å². The summed E-state index contributed by atoms with van der Waals surface area (Å²) in [7, 11) is 0. The zero-order chi connectivity index (χ0) is 14.3. The maximum absolute atomic E-state index is 6.16. The van der Waals surface area contributed by atoms with E-state index in [-0.39, 0.29) is 0 Å². The van der Waals surface area contributed by atoms with Crippen molar-refractivity contribution in [1.82, 2.24) is 0 Å².